The van der Waals surface area contributed by atoms with Crippen LogP contribution in [-0.4, -0.2) is 19.9 Å². The lowest BCUT2D eigenvalue weighted by Crippen LogP contribution is -2.19. The van der Waals surface area contributed by atoms with E-state index in [0.717, 1.165) is 59.0 Å². The second-order valence-electron chi connectivity index (χ2n) is 9.67. The average molecular weight is 469 g/mol. The first kappa shape index (κ1) is 21.8. The van der Waals surface area contributed by atoms with Crippen LogP contribution in [0.2, 0.25) is 0 Å². The normalized spacial score (nSPS) is 19.3. The smallest absolute Gasteiger partial charge is 0.133 e. The monoisotopic (exact) mass is 468 g/mol. The Kier molecular flexibility index (Phi) is 5.51. The highest BCUT2D eigenvalue weighted by Gasteiger charge is 2.29. The number of nitrogens with one attached hydrogen (secondary N) is 1. The zero-order valence-electron chi connectivity index (χ0n) is 19.5. The number of pyridine rings is 2. The SMILES string of the molecule is C[C@@H](c1nc2cc(-c3cccnc3)c(F)cc2[nH]1)C1CCC(c2ccnc3ccc(F)cc23)CC1. The van der Waals surface area contributed by atoms with Crippen molar-refractivity contribution in [1.82, 2.24) is 19.9 Å². The van der Waals surface area contributed by atoms with Gasteiger partial charge >= 0.3 is 0 Å². The first-order valence-corrected chi connectivity index (χ1v) is 12.2. The number of halogens is 2. The molecule has 0 unspecified atom stereocenters. The Bertz CT molecular complexity index is 1500. The molecule has 1 aliphatic carbocycles. The third-order valence-electron chi connectivity index (χ3n) is 7.65. The third kappa shape index (κ3) is 4.07. The van der Waals surface area contributed by atoms with Gasteiger partial charge in [-0.05, 0) is 79.5 Å². The molecule has 1 atom stereocenters. The Morgan fingerprint density at radius 2 is 1.80 bits per heavy atom. The Hall–Kier alpha value is -3.67. The van der Waals surface area contributed by atoms with Crippen molar-refractivity contribution in [3.63, 3.8) is 0 Å². The molecule has 2 aromatic carbocycles. The molecular formula is C29H26F2N4. The fourth-order valence-corrected chi connectivity index (χ4v) is 5.66. The molecule has 0 saturated heterocycles. The number of benzene rings is 2. The molecule has 3 heterocycles. The summed E-state index contributed by atoms with van der Waals surface area (Å²) in [4.78, 5) is 16.7. The Morgan fingerprint density at radius 3 is 2.60 bits per heavy atom. The molecule has 0 radical (unpaired) electrons. The maximum Gasteiger partial charge on any atom is 0.133 e. The van der Waals surface area contributed by atoms with Crippen molar-refractivity contribution in [2.24, 2.45) is 5.92 Å². The van der Waals surface area contributed by atoms with Gasteiger partial charge in [-0.15, -0.1) is 0 Å². The molecule has 0 amide bonds. The van der Waals surface area contributed by atoms with Gasteiger partial charge in [0.05, 0.1) is 16.6 Å². The number of aromatic amines is 1. The molecule has 0 aliphatic heterocycles. The number of hydrogen-bond donors (Lipinski definition) is 1. The minimum atomic E-state index is -0.283. The lowest BCUT2D eigenvalue weighted by atomic mass is 9.73. The van der Waals surface area contributed by atoms with E-state index in [1.165, 1.54) is 17.7 Å². The zero-order chi connectivity index (χ0) is 23.9. The molecule has 6 heteroatoms. The van der Waals surface area contributed by atoms with E-state index in [9.17, 15) is 8.78 Å². The Balaban J connectivity index is 1.21. The molecule has 1 saturated carbocycles. The van der Waals surface area contributed by atoms with Crippen LogP contribution in [0.4, 0.5) is 8.78 Å². The van der Waals surface area contributed by atoms with Crippen LogP contribution in [0.3, 0.4) is 0 Å². The number of rotatable bonds is 4. The van der Waals surface area contributed by atoms with Crippen LogP contribution in [0.1, 0.15) is 55.8 Å². The minimum absolute atomic E-state index is 0.220. The predicted octanol–water partition coefficient (Wildman–Crippen LogP) is 7.53. The fourth-order valence-electron chi connectivity index (χ4n) is 5.66. The van der Waals surface area contributed by atoms with Crippen molar-refractivity contribution in [3.05, 3.63) is 90.1 Å². The maximum atomic E-state index is 14.8. The minimum Gasteiger partial charge on any atom is -0.342 e. The molecule has 35 heavy (non-hydrogen) atoms. The first-order valence-electron chi connectivity index (χ1n) is 12.2. The predicted molar refractivity (Wildman–Crippen MR) is 134 cm³/mol. The molecule has 176 valence electrons. The highest BCUT2D eigenvalue weighted by Crippen LogP contribution is 2.43. The lowest BCUT2D eigenvalue weighted by molar-refractivity contribution is 0.286. The van der Waals surface area contributed by atoms with Gasteiger partial charge in [0.2, 0.25) is 0 Å². The maximum absolute atomic E-state index is 14.8. The van der Waals surface area contributed by atoms with Crippen LogP contribution < -0.4 is 0 Å². The van der Waals surface area contributed by atoms with E-state index >= 15 is 0 Å². The van der Waals surface area contributed by atoms with Crippen molar-refractivity contribution in [2.75, 3.05) is 0 Å². The van der Waals surface area contributed by atoms with Crippen LogP contribution >= 0.6 is 0 Å². The van der Waals surface area contributed by atoms with Gasteiger partial charge in [-0.25, -0.2) is 13.8 Å². The first-order chi connectivity index (χ1) is 17.1. The Labute approximate surface area is 202 Å². The van der Waals surface area contributed by atoms with Crippen molar-refractivity contribution < 1.29 is 8.78 Å². The van der Waals surface area contributed by atoms with Crippen LogP contribution in [0, 0.1) is 17.6 Å². The number of aromatic nitrogens is 4. The zero-order valence-corrected chi connectivity index (χ0v) is 19.5. The van der Waals surface area contributed by atoms with Crippen LogP contribution in [0.15, 0.2) is 67.1 Å². The van der Waals surface area contributed by atoms with E-state index in [1.807, 2.05) is 18.3 Å². The lowest BCUT2D eigenvalue weighted by Gasteiger charge is -2.32. The largest absolute Gasteiger partial charge is 0.342 e. The van der Waals surface area contributed by atoms with Gasteiger partial charge in [0.25, 0.3) is 0 Å². The van der Waals surface area contributed by atoms with E-state index in [0.29, 0.717) is 17.4 Å². The van der Waals surface area contributed by atoms with Gasteiger partial charge in [0.15, 0.2) is 0 Å². The second-order valence-corrected chi connectivity index (χ2v) is 9.67. The van der Waals surface area contributed by atoms with Gasteiger partial charge in [0, 0.05) is 47.1 Å². The summed E-state index contributed by atoms with van der Waals surface area (Å²) in [5.41, 5.74) is 4.79. The average Bonchev–Trinajstić information content (AvgIpc) is 3.31. The molecule has 0 spiro atoms. The number of imidazole rings is 1. The number of fused-ring (bicyclic) bond motifs is 2. The quantitative estimate of drug-likeness (QED) is 0.297. The van der Waals surface area contributed by atoms with Crippen molar-refractivity contribution in [1.29, 1.82) is 0 Å². The molecule has 0 bridgehead atoms. The van der Waals surface area contributed by atoms with Crippen LogP contribution in [0.5, 0.6) is 0 Å². The summed E-state index contributed by atoms with van der Waals surface area (Å²) < 4.78 is 28.7. The van der Waals surface area contributed by atoms with Crippen LogP contribution in [0.25, 0.3) is 33.1 Å². The molecule has 4 nitrogen and oxygen atoms in total. The topological polar surface area (TPSA) is 54.5 Å². The number of H-pyrrole nitrogens is 1. The highest BCUT2D eigenvalue weighted by atomic mass is 19.1. The van der Waals surface area contributed by atoms with E-state index in [4.69, 9.17) is 4.98 Å². The number of nitrogens with zero attached hydrogens (tertiary/aromatic N) is 3. The van der Waals surface area contributed by atoms with Gasteiger partial charge in [0.1, 0.15) is 17.5 Å². The third-order valence-corrected chi connectivity index (χ3v) is 7.65. The van der Waals surface area contributed by atoms with E-state index < -0.39 is 0 Å². The van der Waals surface area contributed by atoms with Gasteiger partial charge < -0.3 is 4.98 Å². The van der Waals surface area contributed by atoms with E-state index in [2.05, 4.69) is 21.9 Å². The van der Waals surface area contributed by atoms with Crippen molar-refractivity contribution in [2.45, 2.75) is 44.4 Å². The number of hydrogen-bond acceptors (Lipinski definition) is 3. The van der Waals surface area contributed by atoms with Crippen molar-refractivity contribution in [3.8, 4) is 11.1 Å². The molecule has 1 fully saturated rings. The summed E-state index contributed by atoms with van der Waals surface area (Å²) in [6, 6.07) is 13.9. The van der Waals surface area contributed by atoms with Crippen LogP contribution in [-0.2, 0) is 0 Å². The van der Waals surface area contributed by atoms with Gasteiger partial charge in [-0.2, -0.15) is 0 Å². The standard InChI is InChI=1S/C29H26F2N4/c1-17(29-34-27-14-23(20-3-2-11-32-16-20)25(31)15-28(27)35-29)18-4-6-19(7-5-18)22-10-12-33-26-9-8-21(30)13-24(22)26/h2-3,8-19H,4-7H2,1H3,(H,34,35)/t17-,18?,19?/m1/s1. The molecule has 1 N–H and O–H groups in total. The molecule has 3 aromatic heterocycles. The highest BCUT2D eigenvalue weighted by molar-refractivity contribution is 5.83. The molecule has 1 aliphatic rings. The second kappa shape index (κ2) is 8.84. The van der Waals surface area contributed by atoms with Gasteiger partial charge in [-0.1, -0.05) is 13.0 Å². The summed E-state index contributed by atoms with van der Waals surface area (Å²) in [5.74, 6) is 1.52. The summed E-state index contributed by atoms with van der Waals surface area (Å²) in [7, 11) is 0. The fraction of sp³-hybridized carbons (Fsp3) is 0.276. The summed E-state index contributed by atoms with van der Waals surface area (Å²) >= 11 is 0. The van der Waals surface area contributed by atoms with Crippen molar-refractivity contribution >= 4 is 21.9 Å². The molecule has 6 rings (SSSR count). The summed E-state index contributed by atoms with van der Waals surface area (Å²) in [6.07, 6.45) is 9.40. The molecule has 5 aromatic rings. The summed E-state index contributed by atoms with van der Waals surface area (Å²) in [5, 5.41) is 0.924. The van der Waals surface area contributed by atoms with E-state index in [-0.39, 0.29) is 17.6 Å². The van der Waals surface area contributed by atoms with Gasteiger partial charge in [-0.3, -0.25) is 9.97 Å². The molecular weight excluding hydrogens is 442 g/mol. The summed E-state index contributed by atoms with van der Waals surface area (Å²) in [6.45, 7) is 2.21. The van der Waals surface area contributed by atoms with E-state index in [1.54, 1.807) is 36.7 Å². The Morgan fingerprint density at radius 1 is 0.943 bits per heavy atom.